The average molecular weight is 1130 g/mol. The smallest absolute Gasteiger partial charge is 0.252 e. The van der Waals surface area contributed by atoms with Gasteiger partial charge in [0.15, 0.2) is 5.82 Å². The third-order valence-electron chi connectivity index (χ3n) is 14.5. The van der Waals surface area contributed by atoms with Gasteiger partial charge in [0.2, 0.25) is 23.6 Å². The molecule has 5 heterocycles. The summed E-state index contributed by atoms with van der Waals surface area (Å²) in [4.78, 5) is 84.4. The van der Waals surface area contributed by atoms with Crippen molar-refractivity contribution in [3.63, 3.8) is 0 Å². The monoisotopic (exact) mass is 1130 g/mol. The number of benzene rings is 3. The molecule has 5 amide bonds. The number of aryl methyl sites for hydroxylation is 3. The van der Waals surface area contributed by atoms with E-state index >= 15 is 0 Å². The van der Waals surface area contributed by atoms with Gasteiger partial charge in [0.25, 0.3) is 5.91 Å². The van der Waals surface area contributed by atoms with Crippen molar-refractivity contribution in [2.24, 2.45) is 10.4 Å². The molecule has 3 aromatic heterocycles. The van der Waals surface area contributed by atoms with Gasteiger partial charge in [-0.05, 0) is 102 Å². The highest BCUT2D eigenvalue weighted by Crippen LogP contribution is 2.40. The number of nitrogens with one attached hydrogen (secondary N) is 4. The topological polar surface area (TPSA) is 222 Å². The number of amides is 5. The number of hydrogen-bond donors (Lipinski definition) is 5. The lowest BCUT2D eigenvalue weighted by Gasteiger charge is -2.36. The highest BCUT2D eigenvalue weighted by Gasteiger charge is 2.45. The van der Waals surface area contributed by atoms with Crippen LogP contribution in [0.5, 0.6) is 0 Å². The number of aliphatic hydroxyl groups excluding tert-OH is 1. The summed E-state index contributed by atoms with van der Waals surface area (Å²) in [5.74, 6) is -1.17. The first-order chi connectivity index (χ1) is 37.3. The van der Waals surface area contributed by atoms with Crippen LogP contribution in [-0.4, -0.2) is 114 Å². The van der Waals surface area contributed by atoms with E-state index in [1.807, 2.05) is 111 Å². The summed E-state index contributed by atoms with van der Waals surface area (Å²) in [7, 11) is 0. The number of fused-ring (bicyclic) bond motifs is 3. The molecular formula is C59H71ClN10O7S2. The predicted molar refractivity (Wildman–Crippen MR) is 308 cm³/mol. The highest BCUT2D eigenvalue weighted by atomic mass is 35.5. The van der Waals surface area contributed by atoms with Crippen LogP contribution in [-0.2, 0) is 41.7 Å². The molecule has 0 saturated carbocycles. The van der Waals surface area contributed by atoms with E-state index in [0.717, 1.165) is 59.5 Å². The number of likely N-dealkylation sites (tertiary alicyclic amines) is 1. The van der Waals surface area contributed by atoms with Gasteiger partial charge in [0.05, 0.1) is 40.9 Å². The van der Waals surface area contributed by atoms with Gasteiger partial charge in [-0.25, -0.2) is 4.98 Å². The zero-order valence-electron chi connectivity index (χ0n) is 46.7. The maximum Gasteiger partial charge on any atom is 0.252 e. The summed E-state index contributed by atoms with van der Waals surface area (Å²) in [6, 6.07) is 20.6. The molecule has 0 radical (unpaired) electrons. The quantitative estimate of drug-likeness (QED) is 0.0523. The molecule has 5 atom stereocenters. The van der Waals surface area contributed by atoms with E-state index in [1.54, 1.807) is 62.8 Å². The van der Waals surface area contributed by atoms with Crippen LogP contribution in [0, 0.1) is 33.1 Å². The lowest BCUT2D eigenvalue weighted by Crippen LogP contribution is -2.61. The number of thiazole rings is 1. The van der Waals surface area contributed by atoms with Crippen molar-refractivity contribution >= 4 is 69.5 Å². The van der Waals surface area contributed by atoms with Crippen LogP contribution < -0.4 is 21.3 Å². The Hall–Kier alpha value is -6.64. The Morgan fingerprint density at radius 1 is 0.861 bits per heavy atom. The molecule has 0 unspecified atom stereocenters. The van der Waals surface area contributed by atoms with Gasteiger partial charge >= 0.3 is 0 Å². The van der Waals surface area contributed by atoms with Gasteiger partial charge in [-0.1, -0.05) is 99.1 Å². The highest BCUT2D eigenvalue weighted by molar-refractivity contribution is 7.15. The molecule has 0 spiro atoms. The van der Waals surface area contributed by atoms with Gasteiger partial charge in [-0.3, -0.25) is 33.5 Å². The van der Waals surface area contributed by atoms with Gasteiger partial charge < -0.3 is 36.0 Å². The van der Waals surface area contributed by atoms with E-state index < -0.39 is 70.5 Å². The second-order valence-corrected chi connectivity index (χ2v) is 25.2. The first-order valence-corrected chi connectivity index (χ1v) is 28.6. The lowest BCUT2D eigenvalue weighted by molar-refractivity contribution is -0.147. The van der Waals surface area contributed by atoms with Crippen molar-refractivity contribution in [2.45, 2.75) is 150 Å². The number of carbonyl (C=O) groups is 5. The number of hydrogen-bond acceptors (Lipinski definition) is 13. The van der Waals surface area contributed by atoms with Crippen LogP contribution in [0.1, 0.15) is 124 Å². The lowest BCUT2D eigenvalue weighted by atomic mass is 9.85. The zero-order chi connectivity index (χ0) is 57.1. The number of thiophene rings is 1. The van der Waals surface area contributed by atoms with Crippen LogP contribution in [0.25, 0.3) is 15.4 Å². The number of nitrogens with zero attached hydrogens (tertiary/aromatic N) is 6. The van der Waals surface area contributed by atoms with Gasteiger partial charge in [0.1, 0.15) is 40.6 Å². The maximum atomic E-state index is 14.6. The summed E-state index contributed by atoms with van der Waals surface area (Å²) >= 11 is 9.49. The van der Waals surface area contributed by atoms with Crippen LogP contribution in [0.4, 0.5) is 0 Å². The summed E-state index contributed by atoms with van der Waals surface area (Å²) in [6.45, 7) is 20.6. The Morgan fingerprint density at radius 3 is 2.20 bits per heavy atom. The van der Waals surface area contributed by atoms with Crippen molar-refractivity contribution in [3.05, 3.63) is 139 Å². The van der Waals surface area contributed by atoms with E-state index in [9.17, 15) is 29.1 Å². The van der Waals surface area contributed by atoms with Crippen molar-refractivity contribution < 1.29 is 33.8 Å². The second kappa shape index (κ2) is 24.0. The Bertz CT molecular complexity index is 3230. The number of aliphatic imine (C=N–C) groups is 1. The number of aromatic nitrogens is 4. The summed E-state index contributed by atoms with van der Waals surface area (Å²) in [5, 5.41) is 33.3. The average Bonchev–Trinajstić information content (AvgIpc) is 4.23. The van der Waals surface area contributed by atoms with E-state index in [4.69, 9.17) is 21.3 Å². The molecule has 8 rings (SSSR count). The van der Waals surface area contributed by atoms with Gasteiger partial charge in [0, 0.05) is 52.5 Å². The molecule has 0 aliphatic carbocycles. The van der Waals surface area contributed by atoms with Crippen molar-refractivity contribution in [3.8, 4) is 15.4 Å². The zero-order valence-corrected chi connectivity index (χ0v) is 49.1. The minimum atomic E-state index is -1.45. The van der Waals surface area contributed by atoms with Crippen LogP contribution in [0.2, 0.25) is 5.02 Å². The number of ether oxygens (including phenoxy) is 1. The molecule has 418 valence electrons. The minimum Gasteiger partial charge on any atom is -0.391 e. The molecule has 6 aromatic rings. The van der Waals surface area contributed by atoms with Crippen molar-refractivity contribution in [1.82, 2.24) is 45.9 Å². The summed E-state index contributed by atoms with van der Waals surface area (Å²) < 4.78 is 8.26. The van der Waals surface area contributed by atoms with E-state index in [1.165, 1.54) is 4.90 Å². The van der Waals surface area contributed by atoms with E-state index in [-0.39, 0.29) is 44.9 Å². The third kappa shape index (κ3) is 13.7. The molecule has 1 fully saturated rings. The number of rotatable bonds is 19. The van der Waals surface area contributed by atoms with Crippen LogP contribution >= 0.6 is 34.3 Å². The largest absolute Gasteiger partial charge is 0.391 e. The Labute approximate surface area is 475 Å². The SMILES string of the molecule is Cc1ncsc1-c1ccc(CNC(=O)[C@@H]2C[C@@H](O)CN2C(=O)[C@@H](NC(=O)[C@H](Cc2ccccc2)NC(=O)C(C)(C)OCCC(C)(C)NC(=O)C[C@@H]2N=C(c3ccc(Cl)cc3)c3c(sc(C)c3C)-n3c(C)nnc32)C(C)(C)C)cc1. The first-order valence-electron chi connectivity index (χ1n) is 26.5. The second-order valence-electron chi connectivity index (χ2n) is 22.8. The first kappa shape index (κ1) is 58.5. The van der Waals surface area contributed by atoms with E-state index in [2.05, 4.69) is 50.3 Å². The van der Waals surface area contributed by atoms with E-state index in [0.29, 0.717) is 23.1 Å². The molecule has 1 saturated heterocycles. The molecule has 0 bridgehead atoms. The van der Waals surface area contributed by atoms with Gasteiger partial charge in [-0.2, -0.15) is 0 Å². The third-order valence-corrected chi connectivity index (χ3v) is 17.0. The van der Waals surface area contributed by atoms with Crippen LogP contribution in [0.3, 0.4) is 0 Å². The fourth-order valence-corrected chi connectivity index (χ4v) is 12.0. The molecule has 20 heteroatoms. The molecule has 2 aliphatic rings. The molecule has 79 heavy (non-hydrogen) atoms. The molecule has 17 nitrogen and oxygen atoms in total. The molecule has 5 N–H and O–H groups in total. The Morgan fingerprint density at radius 2 is 1.54 bits per heavy atom. The standard InChI is InChI=1S/C59H71ClN10O7S2/c1-33-35(3)79-55-47(33)48(39-21-23-41(60)24-22-39)63-43(51-68-67-36(4)70(51)55)29-46(72)66-58(8,9)25-26-77-59(10,11)56(76)64-44(27-37-15-13-12-14-16-37)52(73)65-50(57(5,6)7)54(75)69-31-42(71)28-45(69)53(74)61-30-38-17-19-40(20-18-38)49-34(2)62-32-78-49/h12-24,32,42-45,50,71H,25-31H2,1-11H3,(H,61,74)(H,64,76)(H,65,73)(H,66,72)/t42-,43+,44+,45+,50-/m1/s1. The number of carbonyl (C=O) groups excluding carboxylic acids is 5. The number of halogens is 1. The maximum absolute atomic E-state index is 14.6. The van der Waals surface area contributed by atoms with Gasteiger partial charge in [-0.15, -0.1) is 32.9 Å². The normalized spacial score (nSPS) is 17.2. The number of aliphatic hydroxyl groups is 1. The molecule has 3 aromatic carbocycles. The Balaban J connectivity index is 0.905. The molecule has 2 aliphatic heterocycles. The van der Waals surface area contributed by atoms with Crippen molar-refractivity contribution in [2.75, 3.05) is 13.2 Å². The summed E-state index contributed by atoms with van der Waals surface area (Å²) in [6.07, 6.45) is -0.541. The molecular weight excluding hydrogens is 1060 g/mol. The predicted octanol–water partition coefficient (Wildman–Crippen LogP) is 8.24. The Kier molecular flexibility index (Phi) is 17.8. The fourth-order valence-electron chi connectivity index (χ4n) is 9.84. The van der Waals surface area contributed by atoms with Crippen molar-refractivity contribution in [1.29, 1.82) is 0 Å². The fraction of sp³-hybridized carbons (Fsp3) is 0.441. The number of β-amino-alcohol motifs (C(OH)–C–C–N with tert-alkyl or cyclic N) is 1. The minimum absolute atomic E-state index is 0.0202. The summed E-state index contributed by atoms with van der Waals surface area (Å²) in [5.41, 5.74) is 5.94. The van der Waals surface area contributed by atoms with Crippen LogP contribution in [0.15, 0.2) is 89.4 Å².